The van der Waals surface area contributed by atoms with E-state index in [0.29, 0.717) is 6.54 Å². The molecular weight excluding hydrogens is 272 g/mol. The van der Waals surface area contributed by atoms with Crippen LogP contribution < -0.4 is 5.73 Å². The van der Waals surface area contributed by atoms with Gasteiger partial charge in [0.25, 0.3) is 5.91 Å². The molecule has 1 aliphatic heterocycles. The Morgan fingerprint density at radius 1 is 1.38 bits per heavy atom. The maximum Gasteiger partial charge on any atom is 0.311 e. The van der Waals surface area contributed by atoms with Crippen LogP contribution in [-0.4, -0.2) is 35.8 Å². The molecule has 21 heavy (non-hydrogen) atoms. The summed E-state index contributed by atoms with van der Waals surface area (Å²) in [6, 6.07) is 9.50. The van der Waals surface area contributed by atoms with Crippen molar-refractivity contribution >= 4 is 17.8 Å². The first-order chi connectivity index (χ1) is 9.99. The lowest BCUT2D eigenvalue weighted by atomic mass is 10.1. The van der Waals surface area contributed by atoms with Crippen LogP contribution >= 0.6 is 0 Å². The summed E-state index contributed by atoms with van der Waals surface area (Å²) in [4.78, 5) is 36.1. The summed E-state index contributed by atoms with van der Waals surface area (Å²) in [5.41, 5.74) is 5.94. The summed E-state index contributed by atoms with van der Waals surface area (Å²) >= 11 is 0. The van der Waals surface area contributed by atoms with Gasteiger partial charge in [0.05, 0.1) is 12.0 Å². The fourth-order valence-corrected chi connectivity index (χ4v) is 2.44. The van der Waals surface area contributed by atoms with Gasteiger partial charge in [-0.3, -0.25) is 14.4 Å². The topological polar surface area (TPSA) is 89.7 Å². The third-order valence-corrected chi connectivity index (χ3v) is 3.60. The second kappa shape index (κ2) is 6.39. The van der Waals surface area contributed by atoms with E-state index in [-0.39, 0.29) is 18.4 Å². The van der Waals surface area contributed by atoms with Crippen molar-refractivity contribution in [2.75, 3.05) is 13.2 Å². The van der Waals surface area contributed by atoms with E-state index < -0.39 is 24.4 Å². The Bertz CT molecular complexity index is 544. The minimum atomic E-state index is -0.706. The van der Waals surface area contributed by atoms with E-state index in [0.717, 1.165) is 5.56 Å². The maximum absolute atomic E-state index is 12.1. The zero-order chi connectivity index (χ0) is 15.4. The predicted molar refractivity (Wildman–Crippen MR) is 74.8 cm³/mol. The number of nitrogens with zero attached hydrogens (tertiary/aromatic N) is 1. The zero-order valence-electron chi connectivity index (χ0n) is 11.8. The lowest BCUT2D eigenvalue weighted by Gasteiger charge is -2.25. The van der Waals surface area contributed by atoms with Gasteiger partial charge in [-0.1, -0.05) is 30.3 Å². The lowest BCUT2D eigenvalue weighted by molar-refractivity contribution is -0.151. The number of ether oxygens (including phenoxy) is 1. The molecule has 1 fully saturated rings. The van der Waals surface area contributed by atoms with Crippen molar-refractivity contribution in [3.63, 3.8) is 0 Å². The average molecular weight is 290 g/mol. The molecule has 112 valence electrons. The molecule has 0 bridgehead atoms. The number of primary amides is 1. The first-order valence-electron chi connectivity index (χ1n) is 6.78. The van der Waals surface area contributed by atoms with E-state index in [1.165, 1.54) is 0 Å². The molecule has 2 atom stereocenters. The Labute approximate surface area is 122 Å². The summed E-state index contributed by atoms with van der Waals surface area (Å²) in [6.07, 6.45) is 0.106. The van der Waals surface area contributed by atoms with Crippen LogP contribution in [0.2, 0.25) is 0 Å². The van der Waals surface area contributed by atoms with Crippen molar-refractivity contribution in [3.05, 3.63) is 35.9 Å². The molecule has 2 N–H and O–H groups in total. The van der Waals surface area contributed by atoms with Gasteiger partial charge in [-0.25, -0.2) is 0 Å². The molecule has 1 aromatic carbocycles. The number of hydrogen-bond donors (Lipinski definition) is 1. The smallest absolute Gasteiger partial charge is 0.311 e. The van der Waals surface area contributed by atoms with Gasteiger partial charge >= 0.3 is 5.97 Å². The summed E-state index contributed by atoms with van der Waals surface area (Å²) in [5, 5.41) is 0. The lowest BCUT2D eigenvalue weighted by Crippen LogP contribution is -2.30. The van der Waals surface area contributed by atoms with Gasteiger partial charge in [0.2, 0.25) is 5.91 Å². The van der Waals surface area contributed by atoms with E-state index in [4.69, 9.17) is 10.5 Å². The Kier molecular flexibility index (Phi) is 4.57. The van der Waals surface area contributed by atoms with E-state index in [2.05, 4.69) is 0 Å². The van der Waals surface area contributed by atoms with Crippen molar-refractivity contribution in [1.29, 1.82) is 0 Å². The number of carbonyl (C=O) groups is 3. The zero-order valence-corrected chi connectivity index (χ0v) is 11.8. The molecule has 2 rings (SSSR count). The van der Waals surface area contributed by atoms with Crippen molar-refractivity contribution in [2.45, 2.75) is 19.4 Å². The fourth-order valence-electron chi connectivity index (χ4n) is 2.44. The van der Waals surface area contributed by atoms with Crippen molar-refractivity contribution in [3.8, 4) is 0 Å². The van der Waals surface area contributed by atoms with Crippen LogP contribution in [-0.2, 0) is 19.1 Å². The third kappa shape index (κ3) is 3.59. The Morgan fingerprint density at radius 2 is 2.05 bits per heavy atom. The average Bonchev–Trinajstić information content (AvgIpc) is 2.87. The number of likely N-dealkylation sites (tertiary alicyclic amines) is 1. The van der Waals surface area contributed by atoms with Crippen LogP contribution in [0.1, 0.15) is 24.9 Å². The second-order valence-electron chi connectivity index (χ2n) is 5.11. The third-order valence-electron chi connectivity index (χ3n) is 3.60. The van der Waals surface area contributed by atoms with E-state index in [1.54, 1.807) is 4.90 Å². The highest BCUT2D eigenvalue weighted by Crippen LogP contribution is 2.28. The normalized spacial score (nSPS) is 19.4. The van der Waals surface area contributed by atoms with E-state index >= 15 is 0 Å². The van der Waals surface area contributed by atoms with Gasteiger partial charge in [-0.2, -0.15) is 0 Å². The molecule has 1 saturated heterocycles. The number of rotatable bonds is 5. The molecule has 2 amide bonds. The van der Waals surface area contributed by atoms with Crippen LogP contribution in [0.3, 0.4) is 0 Å². The number of hydrogen-bond acceptors (Lipinski definition) is 4. The molecule has 0 radical (unpaired) electrons. The standard InChI is InChI=1S/C15H18N2O4/c1-10(11-5-3-2-4-6-11)17-8-12(7-14(17)19)15(20)21-9-13(16)18/h2-6,10,12H,7-9H2,1H3,(H2,16,18)/t10-,12-/m1/s1. The predicted octanol–water partition coefficient (Wildman–Crippen LogP) is 0.625. The highest BCUT2D eigenvalue weighted by molar-refractivity contribution is 5.88. The van der Waals surface area contributed by atoms with E-state index in [9.17, 15) is 14.4 Å². The Balaban J connectivity index is 1.99. The molecule has 0 aromatic heterocycles. The van der Waals surface area contributed by atoms with Crippen LogP contribution in [0.15, 0.2) is 30.3 Å². The number of benzene rings is 1. The number of esters is 1. The highest BCUT2D eigenvalue weighted by atomic mass is 16.5. The van der Waals surface area contributed by atoms with Gasteiger partial charge in [0, 0.05) is 13.0 Å². The number of nitrogens with two attached hydrogens (primary N) is 1. The van der Waals surface area contributed by atoms with Gasteiger partial charge in [-0.15, -0.1) is 0 Å². The molecule has 1 aromatic rings. The van der Waals surface area contributed by atoms with Crippen molar-refractivity contribution < 1.29 is 19.1 Å². The fraction of sp³-hybridized carbons (Fsp3) is 0.400. The first kappa shape index (κ1) is 15.0. The molecule has 0 aliphatic carbocycles. The summed E-state index contributed by atoms with van der Waals surface area (Å²) in [7, 11) is 0. The monoisotopic (exact) mass is 290 g/mol. The van der Waals surface area contributed by atoms with Gasteiger partial charge in [0.1, 0.15) is 0 Å². The molecule has 1 aliphatic rings. The quantitative estimate of drug-likeness (QED) is 0.805. The SMILES string of the molecule is C[C@H](c1ccccc1)N1C[C@H](C(=O)OCC(N)=O)CC1=O. The van der Waals surface area contributed by atoms with Gasteiger partial charge < -0.3 is 15.4 Å². The molecule has 0 unspecified atom stereocenters. The first-order valence-corrected chi connectivity index (χ1v) is 6.78. The van der Waals surface area contributed by atoms with Gasteiger partial charge in [-0.05, 0) is 12.5 Å². The summed E-state index contributed by atoms with van der Waals surface area (Å²) < 4.78 is 4.78. The van der Waals surface area contributed by atoms with Crippen LogP contribution in [0.4, 0.5) is 0 Å². The summed E-state index contributed by atoms with van der Waals surface area (Å²) in [6.45, 7) is 1.77. The van der Waals surface area contributed by atoms with Crippen LogP contribution in [0.25, 0.3) is 0 Å². The molecule has 1 heterocycles. The Hall–Kier alpha value is -2.37. The van der Waals surface area contributed by atoms with Crippen molar-refractivity contribution in [2.24, 2.45) is 11.7 Å². The van der Waals surface area contributed by atoms with Crippen LogP contribution in [0.5, 0.6) is 0 Å². The highest BCUT2D eigenvalue weighted by Gasteiger charge is 2.37. The minimum absolute atomic E-state index is 0.0904. The molecule has 6 nitrogen and oxygen atoms in total. The molecule has 0 saturated carbocycles. The van der Waals surface area contributed by atoms with Crippen LogP contribution in [0, 0.1) is 5.92 Å². The number of amides is 2. The largest absolute Gasteiger partial charge is 0.455 e. The Morgan fingerprint density at radius 3 is 2.67 bits per heavy atom. The molecule has 6 heteroatoms. The van der Waals surface area contributed by atoms with Crippen molar-refractivity contribution in [1.82, 2.24) is 4.90 Å². The minimum Gasteiger partial charge on any atom is -0.455 e. The molecular formula is C15H18N2O4. The van der Waals surface area contributed by atoms with Gasteiger partial charge in [0.15, 0.2) is 6.61 Å². The maximum atomic E-state index is 12.1. The second-order valence-corrected chi connectivity index (χ2v) is 5.11. The summed E-state index contributed by atoms with van der Waals surface area (Å²) in [5.74, 6) is -1.89. The number of carbonyl (C=O) groups excluding carboxylic acids is 3. The molecule has 0 spiro atoms. The van der Waals surface area contributed by atoms with E-state index in [1.807, 2.05) is 37.3 Å².